The van der Waals surface area contributed by atoms with Crippen molar-refractivity contribution in [1.29, 1.82) is 0 Å². The van der Waals surface area contributed by atoms with Crippen LogP contribution in [0.3, 0.4) is 0 Å². The first-order chi connectivity index (χ1) is 13.1. The van der Waals surface area contributed by atoms with Gasteiger partial charge in [0.25, 0.3) is 0 Å². The second-order valence-corrected chi connectivity index (χ2v) is 9.69. The molecule has 0 radical (unpaired) electrons. The number of aromatic nitrogens is 4. The predicted molar refractivity (Wildman–Crippen MR) is 104 cm³/mol. The predicted octanol–water partition coefficient (Wildman–Crippen LogP) is 3.18. The van der Waals surface area contributed by atoms with E-state index >= 15 is 0 Å². The van der Waals surface area contributed by atoms with Crippen LogP contribution in [0.1, 0.15) is 9.75 Å². The van der Waals surface area contributed by atoms with Crippen LogP contribution in [0.15, 0.2) is 70.5 Å². The summed E-state index contributed by atoms with van der Waals surface area (Å²) in [5, 5.41) is 14.9. The highest BCUT2D eigenvalue weighted by Gasteiger charge is 2.26. The maximum absolute atomic E-state index is 13.4. The third kappa shape index (κ3) is 3.98. The normalized spacial score (nSPS) is 11.9. The first-order valence-corrected chi connectivity index (χ1v) is 11.2. The van der Waals surface area contributed by atoms with Gasteiger partial charge in [-0.1, -0.05) is 18.2 Å². The molecule has 0 saturated heterocycles. The summed E-state index contributed by atoms with van der Waals surface area (Å²) in [7, 11) is -3.70. The Labute approximate surface area is 164 Å². The minimum atomic E-state index is -3.70. The van der Waals surface area contributed by atoms with Gasteiger partial charge in [-0.05, 0) is 51.5 Å². The molecule has 3 aromatic heterocycles. The van der Waals surface area contributed by atoms with Crippen LogP contribution in [-0.4, -0.2) is 32.9 Å². The summed E-state index contributed by atoms with van der Waals surface area (Å²) < 4.78 is 29.7. The van der Waals surface area contributed by atoms with Gasteiger partial charge >= 0.3 is 0 Å². The van der Waals surface area contributed by atoms with Crippen molar-refractivity contribution in [3.8, 4) is 5.69 Å². The molecule has 7 nitrogen and oxygen atoms in total. The molecule has 0 atom stereocenters. The van der Waals surface area contributed by atoms with Crippen LogP contribution in [0.25, 0.3) is 5.69 Å². The summed E-state index contributed by atoms with van der Waals surface area (Å²) in [4.78, 5) is 2.20. The van der Waals surface area contributed by atoms with E-state index in [9.17, 15) is 8.42 Å². The fraction of sp³-hybridized carbons (Fsp3) is 0.118. The molecule has 0 amide bonds. The monoisotopic (exact) mass is 417 g/mol. The maximum atomic E-state index is 13.4. The first-order valence-electron chi connectivity index (χ1n) is 8.01. The largest absolute Gasteiger partial charge is 0.243 e. The lowest BCUT2D eigenvalue weighted by molar-refractivity contribution is 0.407. The van der Waals surface area contributed by atoms with Gasteiger partial charge in [0.15, 0.2) is 0 Å². The Morgan fingerprint density at radius 1 is 0.963 bits per heavy atom. The van der Waals surface area contributed by atoms with Crippen LogP contribution in [0.2, 0.25) is 0 Å². The molecule has 27 heavy (non-hydrogen) atoms. The van der Waals surface area contributed by atoms with Gasteiger partial charge in [-0.2, -0.15) is 4.31 Å². The summed E-state index contributed by atoms with van der Waals surface area (Å²) in [5.74, 6) is 0. The topological polar surface area (TPSA) is 81.0 Å². The molecule has 4 aromatic rings. The number of nitrogens with zero attached hydrogens (tertiary/aromatic N) is 5. The Balaban J connectivity index is 1.70. The van der Waals surface area contributed by atoms with Crippen LogP contribution in [0, 0.1) is 0 Å². The lowest BCUT2D eigenvalue weighted by Gasteiger charge is -2.21. The molecule has 0 aliphatic heterocycles. The molecule has 0 saturated carbocycles. The molecule has 10 heteroatoms. The number of thiophene rings is 2. The lowest BCUT2D eigenvalue weighted by Crippen LogP contribution is -2.29. The van der Waals surface area contributed by atoms with Gasteiger partial charge in [-0.3, -0.25) is 0 Å². The van der Waals surface area contributed by atoms with Gasteiger partial charge < -0.3 is 0 Å². The Kier molecular flexibility index (Phi) is 5.12. The summed E-state index contributed by atoms with van der Waals surface area (Å²) >= 11 is 3.09. The molecular weight excluding hydrogens is 402 g/mol. The fourth-order valence-electron chi connectivity index (χ4n) is 2.59. The summed E-state index contributed by atoms with van der Waals surface area (Å²) in [6.07, 6.45) is 1.43. The fourth-order valence-corrected chi connectivity index (χ4v) is 5.63. The molecule has 0 aliphatic rings. The van der Waals surface area contributed by atoms with Crippen molar-refractivity contribution >= 4 is 32.7 Å². The minimum Gasteiger partial charge on any atom is -0.207 e. The molecular formula is C17H15N5O2S3. The van der Waals surface area contributed by atoms with Crippen molar-refractivity contribution in [1.82, 2.24) is 24.5 Å². The standard InChI is InChI=1S/C17H15N5O2S3/c23-27(24,17-7-1-4-14(10-17)22-13-18-19-20-22)21(11-15-5-2-8-25-15)12-16-6-3-9-26-16/h1-10,13H,11-12H2. The van der Waals surface area contributed by atoms with E-state index < -0.39 is 10.0 Å². The molecule has 0 unspecified atom stereocenters. The van der Waals surface area contributed by atoms with Crippen LogP contribution < -0.4 is 0 Å². The summed E-state index contributed by atoms with van der Waals surface area (Å²) in [6, 6.07) is 14.4. The number of hydrogen-bond acceptors (Lipinski definition) is 7. The van der Waals surface area contributed by atoms with Crippen LogP contribution in [-0.2, 0) is 23.1 Å². The summed E-state index contributed by atoms with van der Waals surface area (Å²) in [5.41, 5.74) is 0.591. The molecule has 0 aliphatic carbocycles. The first kappa shape index (κ1) is 18.0. The molecule has 0 fully saturated rings. The van der Waals surface area contributed by atoms with E-state index in [1.165, 1.54) is 15.3 Å². The Morgan fingerprint density at radius 3 is 2.22 bits per heavy atom. The number of tetrazole rings is 1. The minimum absolute atomic E-state index is 0.212. The van der Waals surface area contributed by atoms with Crippen molar-refractivity contribution in [2.45, 2.75) is 18.0 Å². The van der Waals surface area contributed by atoms with Crippen LogP contribution in [0.5, 0.6) is 0 Å². The van der Waals surface area contributed by atoms with E-state index in [4.69, 9.17) is 0 Å². The zero-order valence-electron chi connectivity index (χ0n) is 14.0. The molecule has 1 aromatic carbocycles. The van der Waals surface area contributed by atoms with Gasteiger partial charge in [0.2, 0.25) is 10.0 Å². The summed E-state index contributed by atoms with van der Waals surface area (Å²) in [6.45, 7) is 0.653. The van der Waals surface area contributed by atoms with Crippen LogP contribution in [0.4, 0.5) is 0 Å². The van der Waals surface area contributed by atoms with Crippen molar-refractivity contribution in [3.05, 3.63) is 75.4 Å². The van der Waals surface area contributed by atoms with Crippen molar-refractivity contribution in [3.63, 3.8) is 0 Å². The average Bonchev–Trinajstić information content (AvgIpc) is 3.44. The lowest BCUT2D eigenvalue weighted by atomic mass is 10.3. The average molecular weight is 418 g/mol. The number of benzene rings is 1. The molecule has 0 spiro atoms. The molecule has 3 heterocycles. The highest BCUT2D eigenvalue weighted by atomic mass is 32.2. The second kappa shape index (κ2) is 7.69. The molecule has 4 rings (SSSR count). The maximum Gasteiger partial charge on any atom is 0.243 e. The zero-order valence-corrected chi connectivity index (χ0v) is 16.5. The quantitative estimate of drug-likeness (QED) is 0.461. The highest BCUT2D eigenvalue weighted by Crippen LogP contribution is 2.25. The third-order valence-corrected chi connectivity index (χ3v) is 7.40. The van der Waals surface area contributed by atoms with Crippen molar-refractivity contribution in [2.24, 2.45) is 0 Å². The van der Waals surface area contributed by atoms with Crippen molar-refractivity contribution < 1.29 is 8.42 Å². The Morgan fingerprint density at radius 2 is 1.67 bits per heavy atom. The smallest absolute Gasteiger partial charge is 0.207 e. The Bertz CT molecular complexity index is 1060. The molecule has 138 valence electrons. The Hall–Kier alpha value is -2.40. The number of rotatable bonds is 7. The van der Waals surface area contributed by atoms with E-state index in [1.54, 1.807) is 46.9 Å². The highest BCUT2D eigenvalue weighted by molar-refractivity contribution is 7.89. The van der Waals surface area contributed by atoms with E-state index in [0.29, 0.717) is 18.8 Å². The second-order valence-electron chi connectivity index (χ2n) is 5.68. The van der Waals surface area contributed by atoms with Gasteiger partial charge in [0.05, 0.1) is 10.6 Å². The van der Waals surface area contributed by atoms with Crippen molar-refractivity contribution in [2.75, 3.05) is 0 Å². The van der Waals surface area contributed by atoms with E-state index in [2.05, 4.69) is 15.5 Å². The van der Waals surface area contributed by atoms with Gasteiger partial charge in [-0.15, -0.1) is 27.8 Å². The van der Waals surface area contributed by atoms with E-state index in [0.717, 1.165) is 9.75 Å². The molecule has 0 N–H and O–H groups in total. The van der Waals surface area contributed by atoms with E-state index in [1.807, 2.05) is 35.0 Å². The number of hydrogen-bond donors (Lipinski definition) is 0. The molecule has 0 bridgehead atoms. The van der Waals surface area contributed by atoms with E-state index in [-0.39, 0.29) is 4.90 Å². The van der Waals surface area contributed by atoms with Gasteiger partial charge in [-0.25, -0.2) is 13.1 Å². The van der Waals surface area contributed by atoms with Gasteiger partial charge in [0.1, 0.15) is 6.33 Å². The van der Waals surface area contributed by atoms with Crippen LogP contribution >= 0.6 is 22.7 Å². The zero-order chi connectivity index (χ0) is 18.7. The number of sulfonamides is 1. The van der Waals surface area contributed by atoms with Gasteiger partial charge in [0, 0.05) is 22.8 Å². The third-order valence-electron chi connectivity index (χ3n) is 3.89. The SMILES string of the molecule is O=S(=O)(c1cccc(-n2cnnn2)c1)N(Cc1cccs1)Cc1cccs1.